The number of aromatic amines is 1. The second-order valence-corrected chi connectivity index (χ2v) is 8.34. The summed E-state index contributed by atoms with van der Waals surface area (Å²) in [6.45, 7) is 0. The van der Waals surface area contributed by atoms with Crippen LogP contribution >= 0.6 is 15.9 Å². The third-order valence-corrected chi connectivity index (χ3v) is 6.07. The lowest BCUT2D eigenvalue weighted by molar-refractivity contribution is -0.119. The Hall–Kier alpha value is -3.07. The minimum atomic E-state index is -0.532. The number of alkyl halides is 1. The summed E-state index contributed by atoms with van der Waals surface area (Å²) in [6, 6.07) is 10.9. The van der Waals surface area contributed by atoms with Gasteiger partial charge in [-0.3, -0.25) is 9.59 Å². The van der Waals surface area contributed by atoms with Crippen LogP contribution in [0.2, 0.25) is 0 Å². The molecule has 1 amide bonds. The molecule has 3 N–H and O–H groups in total. The van der Waals surface area contributed by atoms with E-state index in [-0.39, 0.29) is 29.2 Å². The van der Waals surface area contributed by atoms with Gasteiger partial charge in [0.15, 0.2) is 5.82 Å². The van der Waals surface area contributed by atoms with Gasteiger partial charge < -0.3 is 15.6 Å². The van der Waals surface area contributed by atoms with Crippen molar-refractivity contribution in [3.8, 4) is 22.4 Å². The number of nitrogens with one attached hydrogen (secondary N) is 3. The van der Waals surface area contributed by atoms with Gasteiger partial charge >= 0.3 is 0 Å². The number of anilines is 1. The number of hydrogen-bond acceptors (Lipinski definition) is 5. The SMILES string of the molecule is O=C(CBr)NC1CCC(Nc2ncc(F)c(-c3cccc(-c4ccc[nH]c4=O)c3)n2)CC1. The molecule has 2 heterocycles. The van der Waals surface area contributed by atoms with Crippen molar-refractivity contribution in [1.82, 2.24) is 20.3 Å². The molecule has 9 heteroatoms. The molecule has 32 heavy (non-hydrogen) atoms. The van der Waals surface area contributed by atoms with E-state index in [0.717, 1.165) is 31.9 Å². The van der Waals surface area contributed by atoms with Gasteiger partial charge in [0.05, 0.1) is 11.5 Å². The van der Waals surface area contributed by atoms with E-state index in [1.54, 1.807) is 42.6 Å². The Morgan fingerprint density at radius 3 is 2.62 bits per heavy atom. The highest BCUT2D eigenvalue weighted by molar-refractivity contribution is 9.09. The summed E-state index contributed by atoms with van der Waals surface area (Å²) < 4.78 is 14.6. The maximum absolute atomic E-state index is 14.6. The van der Waals surface area contributed by atoms with E-state index in [0.29, 0.717) is 28.0 Å². The molecule has 3 aromatic rings. The lowest BCUT2D eigenvalue weighted by atomic mass is 9.91. The topological polar surface area (TPSA) is 99.8 Å². The van der Waals surface area contributed by atoms with Crippen LogP contribution in [0.5, 0.6) is 0 Å². The van der Waals surface area contributed by atoms with Crippen molar-refractivity contribution in [3.63, 3.8) is 0 Å². The Labute approximate surface area is 193 Å². The van der Waals surface area contributed by atoms with Gasteiger partial charge in [0, 0.05) is 29.4 Å². The number of H-pyrrole nitrogens is 1. The number of hydrogen-bond donors (Lipinski definition) is 3. The number of amides is 1. The normalized spacial score (nSPS) is 18.2. The summed E-state index contributed by atoms with van der Waals surface area (Å²) in [6.07, 6.45) is 6.16. The van der Waals surface area contributed by atoms with Gasteiger partial charge in [0.1, 0.15) is 5.69 Å². The van der Waals surface area contributed by atoms with Crippen LogP contribution in [-0.2, 0) is 4.79 Å². The van der Waals surface area contributed by atoms with Gasteiger partial charge in [0.2, 0.25) is 11.9 Å². The number of halogens is 2. The quantitative estimate of drug-likeness (QED) is 0.447. The molecule has 0 aliphatic heterocycles. The van der Waals surface area contributed by atoms with Crippen molar-refractivity contribution in [1.29, 1.82) is 0 Å². The maximum Gasteiger partial charge on any atom is 0.255 e. The lowest BCUT2D eigenvalue weighted by Crippen LogP contribution is -2.40. The Bertz CT molecular complexity index is 1160. The van der Waals surface area contributed by atoms with E-state index in [9.17, 15) is 14.0 Å². The smallest absolute Gasteiger partial charge is 0.255 e. The number of pyridine rings is 1. The Morgan fingerprint density at radius 2 is 1.88 bits per heavy atom. The van der Waals surface area contributed by atoms with Crippen molar-refractivity contribution in [3.05, 3.63) is 65.0 Å². The van der Waals surface area contributed by atoms with Crippen LogP contribution in [-0.4, -0.2) is 38.3 Å². The van der Waals surface area contributed by atoms with E-state index in [2.05, 4.69) is 41.5 Å². The molecule has 2 aromatic heterocycles. The molecule has 1 aromatic carbocycles. The van der Waals surface area contributed by atoms with Crippen LogP contribution < -0.4 is 16.2 Å². The fourth-order valence-electron chi connectivity index (χ4n) is 3.95. The minimum Gasteiger partial charge on any atom is -0.353 e. The molecule has 1 aliphatic rings. The third kappa shape index (κ3) is 5.21. The van der Waals surface area contributed by atoms with Gasteiger partial charge in [-0.2, -0.15) is 0 Å². The van der Waals surface area contributed by atoms with Crippen LogP contribution in [0.3, 0.4) is 0 Å². The Morgan fingerprint density at radius 1 is 1.12 bits per heavy atom. The largest absolute Gasteiger partial charge is 0.353 e. The zero-order chi connectivity index (χ0) is 22.5. The summed E-state index contributed by atoms with van der Waals surface area (Å²) in [4.78, 5) is 34.8. The molecule has 0 radical (unpaired) electrons. The fraction of sp³-hybridized carbons (Fsp3) is 0.304. The van der Waals surface area contributed by atoms with E-state index in [1.165, 1.54) is 0 Å². The zero-order valence-electron chi connectivity index (χ0n) is 17.3. The molecule has 0 bridgehead atoms. The van der Waals surface area contributed by atoms with Crippen molar-refractivity contribution in [2.75, 3.05) is 10.6 Å². The first-order valence-corrected chi connectivity index (χ1v) is 11.6. The average Bonchev–Trinajstić information content (AvgIpc) is 2.82. The molecular weight excluding hydrogens is 477 g/mol. The predicted molar refractivity (Wildman–Crippen MR) is 125 cm³/mol. The average molecular weight is 500 g/mol. The first kappa shape index (κ1) is 22.1. The van der Waals surface area contributed by atoms with Crippen LogP contribution in [0.15, 0.2) is 53.6 Å². The van der Waals surface area contributed by atoms with E-state index in [1.807, 2.05) is 0 Å². The van der Waals surface area contributed by atoms with Crippen LogP contribution in [0.25, 0.3) is 22.4 Å². The number of nitrogens with zero attached hydrogens (tertiary/aromatic N) is 2. The molecule has 7 nitrogen and oxygen atoms in total. The summed E-state index contributed by atoms with van der Waals surface area (Å²) in [5.74, 6) is -0.180. The highest BCUT2D eigenvalue weighted by Gasteiger charge is 2.23. The van der Waals surface area contributed by atoms with Crippen molar-refractivity contribution in [2.45, 2.75) is 37.8 Å². The van der Waals surface area contributed by atoms with Crippen molar-refractivity contribution >= 4 is 27.8 Å². The van der Waals surface area contributed by atoms with Gasteiger partial charge in [-0.15, -0.1) is 0 Å². The summed E-state index contributed by atoms with van der Waals surface area (Å²) >= 11 is 3.16. The summed E-state index contributed by atoms with van der Waals surface area (Å²) in [5, 5.41) is 6.59. The predicted octanol–water partition coefficient (Wildman–Crippen LogP) is 3.87. The first-order chi connectivity index (χ1) is 15.5. The third-order valence-electron chi connectivity index (χ3n) is 5.56. The van der Waals surface area contributed by atoms with Gasteiger partial charge in [-0.1, -0.05) is 34.1 Å². The van der Waals surface area contributed by atoms with Gasteiger partial charge in [-0.25, -0.2) is 14.4 Å². The molecule has 0 spiro atoms. The molecule has 166 valence electrons. The molecular formula is C23H23BrFN5O2. The second-order valence-electron chi connectivity index (χ2n) is 7.78. The first-order valence-electron chi connectivity index (χ1n) is 10.5. The zero-order valence-corrected chi connectivity index (χ0v) is 18.9. The Balaban J connectivity index is 1.50. The summed E-state index contributed by atoms with van der Waals surface area (Å²) in [5.41, 5.74) is 1.72. The molecule has 1 saturated carbocycles. The Kier molecular flexibility index (Phi) is 6.94. The lowest BCUT2D eigenvalue weighted by Gasteiger charge is -2.29. The van der Waals surface area contributed by atoms with Crippen molar-refractivity contribution in [2.24, 2.45) is 0 Å². The second kappa shape index (κ2) is 10.0. The number of aromatic nitrogens is 3. The molecule has 0 saturated heterocycles. The number of carbonyl (C=O) groups excluding carboxylic acids is 1. The number of rotatable bonds is 6. The van der Waals surface area contributed by atoms with E-state index >= 15 is 0 Å². The molecule has 0 unspecified atom stereocenters. The highest BCUT2D eigenvalue weighted by atomic mass is 79.9. The molecule has 4 rings (SSSR count). The van der Waals surface area contributed by atoms with E-state index < -0.39 is 5.82 Å². The van der Waals surface area contributed by atoms with E-state index in [4.69, 9.17) is 0 Å². The maximum atomic E-state index is 14.6. The molecule has 0 atom stereocenters. The highest BCUT2D eigenvalue weighted by Crippen LogP contribution is 2.27. The molecule has 1 fully saturated rings. The van der Waals surface area contributed by atoms with Crippen LogP contribution in [0.4, 0.5) is 10.3 Å². The van der Waals surface area contributed by atoms with Crippen molar-refractivity contribution < 1.29 is 9.18 Å². The monoisotopic (exact) mass is 499 g/mol. The fourth-order valence-corrected chi connectivity index (χ4v) is 4.11. The minimum absolute atomic E-state index is 0.00681. The van der Waals surface area contributed by atoms with Gasteiger partial charge in [0.25, 0.3) is 5.56 Å². The summed E-state index contributed by atoms with van der Waals surface area (Å²) in [7, 11) is 0. The molecule has 1 aliphatic carbocycles. The van der Waals surface area contributed by atoms with Crippen LogP contribution in [0.1, 0.15) is 25.7 Å². The number of carbonyl (C=O) groups is 1. The van der Waals surface area contributed by atoms with Crippen LogP contribution in [0, 0.1) is 5.82 Å². The standard InChI is InChI=1S/C23H23BrFN5O2/c24-12-20(31)28-16-6-8-17(9-7-16)29-23-27-13-19(25)21(30-23)15-4-1-3-14(11-15)18-5-2-10-26-22(18)32/h1-5,10-11,13,16-17H,6-9,12H2,(H,26,32)(H,28,31)(H,27,29,30). The van der Waals surface area contributed by atoms with Gasteiger partial charge in [-0.05, 0) is 49.4 Å². The number of benzene rings is 1.